The highest BCUT2D eigenvalue weighted by molar-refractivity contribution is 6.03. The first kappa shape index (κ1) is 21.5. The molecule has 0 saturated heterocycles. The molecular weight excluding hydrogens is 404 g/mol. The molecule has 3 rings (SSSR count). The predicted molar refractivity (Wildman–Crippen MR) is 112 cm³/mol. The van der Waals surface area contributed by atoms with E-state index in [0.29, 0.717) is 5.75 Å². The van der Waals surface area contributed by atoms with Gasteiger partial charge in [0.1, 0.15) is 17.5 Å². The molecule has 0 saturated carbocycles. The van der Waals surface area contributed by atoms with Crippen LogP contribution in [0.15, 0.2) is 48.7 Å². The van der Waals surface area contributed by atoms with E-state index in [1.807, 2.05) is 19.9 Å². The van der Waals surface area contributed by atoms with Gasteiger partial charge in [-0.1, -0.05) is 6.07 Å². The number of benzene rings is 2. The maximum Gasteiger partial charge on any atom is 0.328 e. The molecule has 3 aromatic rings. The normalized spacial score (nSPS) is 11.6. The molecule has 1 aromatic heterocycles. The van der Waals surface area contributed by atoms with Crippen molar-refractivity contribution in [1.29, 1.82) is 0 Å². The number of anilines is 1. The van der Waals surface area contributed by atoms with Crippen LogP contribution in [0.4, 0.5) is 11.4 Å². The van der Waals surface area contributed by atoms with Crippen LogP contribution in [0.25, 0.3) is 0 Å². The van der Waals surface area contributed by atoms with Gasteiger partial charge in [0.2, 0.25) is 0 Å². The van der Waals surface area contributed by atoms with E-state index in [1.165, 1.54) is 37.4 Å². The average Bonchev–Trinajstić information content (AvgIpc) is 3.16. The minimum absolute atomic E-state index is 0.0311. The first-order valence-electron chi connectivity index (χ1n) is 9.27. The fraction of sp³-hybridized carbons (Fsp3) is 0.190. The number of aromatic nitrogens is 2. The maximum atomic E-state index is 12.5. The molecule has 160 valence electrons. The smallest absolute Gasteiger partial charge is 0.328 e. The number of hydrogen-bond donors (Lipinski definition) is 2. The van der Waals surface area contributed by atoms with Gasteiger partial charge in [0.15, 0.2) is 5.69 Å². The van der Waals surface area contributed by atoms with Crippen molar-refractivity contribution in [2.45, 2.75) is 26.8 Å². The van der Waals surface area contributed by atoms with Crippen molar-refractivity contribution in [3.05, 3.63) is 75.6 Å². The van der Waals surface area contributed by atoms with Gasteiger partial charge in [-0.2, -0.15) is 5.10 Å². The molecule has 0 bridgehead atoms. The third kappa shape index (κ3) is 5.24. The van der Waals surface area contributed by atoms with Crippen molar-refractivity contribution in [3.63, 3.8) is 0 Å². The van der Waals surface area contributed by atoms with Crippen LogP contribution in [0.1, 0.15) is 34.6 Å². The standard InChI is InChI=1S/C21H20N4O6/c1-12-6-13(2)8-17(7-12)31-18-10-15(9-16(11-18)25(29)30)22-20(26)19-4-5-24(23-19)14(3)21(27)28/h4-11,14H,1-3H3,(H,22,26)(H,27,28). The van der Waals surface area contributed by atoms with Crippen molar-refractivity contribution < 1.29 is 24.4 Å². The maximum absolute atomic E-state index is 12.5. The molecule has 1 atom stereocenters. The van der Waals surface area contributed by atoms with Crippen LogP contribution in [0.5, 0.6) is 11.5 Å². The second kappa shape index (κ2) is 8.66. The lowest BCUT2D eigenvalue weighted by atomic mass is 10.1. The lowest BCUT2D eigenvalue weighted by molar-refractivity contribution is -0.384. The SMILES string of the molecule is Cc1cc(C)cc(Oc2cc(NC(=O)c3ccn(C(C)C(=O)O)n3)cc([N+](=O)[O-])c2)c1. The van der Waals surface area contributed by atoms with E-state index in [9.17, 15) is 19.7 Å². The van der Waals surface area contributed by atoms with E-state index >= 15 is 0 Å². The van der Waals surface area contributed by atoms with Crippen LogP contribution in [-0.4, -0.2) is 31.7 Å². The van der Waals surface area contributed by atoms with E-state index in [-0.39, 0.29) is 22.8 Å². The number of carbonyl (C=O) groups excluding carboxylic acids is 1. The molecule has 1 amide bonds. The molecule has 10 heteroatoms. The van der Waals surface area contributed by atoms with Gasteiger partial charge in [-0.25, -0.2) is 4.79 Å². The third-order valence-corrected chi connectivity index (χ3v) is 4.39. The van der Waals surface area contributed by atoms with Crippen LogP contribution in [0.3, 0.4) is 0 Å². The topological polar surface area (TPSA) is 137 Å². The molecular formula is C21H20N4O6. The van der Waals surface area contributed by atoms with Gasteiger partial charge in [-0.3, -0.25) is 19.6 Å². The number of nitro groups is 1. The Balaban J connectivity index is 1.86. The number of ether oxygens (including phenoxy) is 1. The Hall–Kier alpha value is -4.21. The number of rotatable bonds is 7. The minimum Gasteiger partial charge on any atom is -0.480 e. The van der Waals surface area contributed by atoms with Crippen LogP contribution in [-0.2, 0) is 4.79 Å². The molecule has 0 aliphatic heterocycles. The van der Waals surface area contributed by atoms with Crippen LogP contribution in [0, 0.1) is 24.0 Å². The number of aliphatic carboxylic acids is 1. The number of aryl methyl sites for hydroxylation is 2. The summed E-state index contributed by atoms with van der Waals surface area (Å²) in [6.45, 7) is 5.24. The first-order valence-corrected chi connectivity index (χ1v) is 9.27. The summed E-state index contributed by atoms with van der Waals surface area (Å²) in [6, 6.07) is 9.88. The second-order valence-corrected chi connectivity index (χ2v) is 7.05. The Labute approximate surface area is 177 Å². The molecule has 0 aliphatic rings. The molecule has 0 radical (unpaired) electrons. The van der Waals surface area contributed by atoms with Crippen molar-refractivity contribution in [2.75, 3.05) is 5.32 Å². The second-order valence-electron chi connectivity index (χ2n) is 7.05. The van der Waals surface area contributed by atoms with Crippen molar-refractivity contribution in [2.24, 2.45) is 0 Å². The number of non-ortho nitro benzene ring substituents is 1. The Bertz CT molecular complexity index is 1150. The van der Waals surface area contributed by atoms with E-state index in [1.54, 1.807) is 12.1 Å². The fourth-order valence-electron chi connectivity index (χ4n) is 2.93. The summed E-state index contributed by atoms with van der Waals surface area (Å²) in [5, 5.41) is 26.9. The number of carboxylic acid groups (broad SMARTS) is 1. The fourth-order valence-corrected chi connectivity index (χ4v) is 2.93. The van der Waals surface area contributed by atoms with E-state index < -0.39 is 22.8 Å². The summed E-state index contributed by atoms with van der Waals surface area (Å²) in [4.78, 5) is 34.3. The largest absolute Gasteiger partial charge is 0.480 e. The summed E-state index contributed by atoms with van der Waals surface area (Å²) in [5.41, 5.74) is 1.79. The zero-order chi connectivity index (χ0) is 22.7. The summed E-state index contributed by atoms with van der Waals surface area (Å²) in [5.74, 6) is -1.05. The van der Waals surface area contributed by atoms with Gasteiger partial charge in [0.25, 0.3) is 11.6 Å². The van der Waals surface area contributed by atoms with Gasteiger partial charge in [0.05, 0.1) is 16.7 Å². The molecule has 2 N–H and O–H groups in total. The molecule has 2 aromatic carbocycles. The lowest BCUT2D eigenvalue weighted by Gasteiger charge is -2.10. The Morgan fingerprint density at radius 3 is 2.39 bits per heavy atom. The van der Waals surface area contributed by atoms with E-state index in [0.717, 1.165) is 15.8 Å². The molecule has 0 spiro atoms. The molecule has 1 unspecified atom stereocenters. The van der Waals surface area contributed by atoms with E-state index in [2.05, 4.69) is 10.4 Å². The van der Waals surface area contributed by atoms with Crippen molar-refractivity contribution >= 4 is 23.3 Å². The molecule has 0 aliphatic carbocycles. The summed E-state index contributed by atoms with van der Waals surface area (Å²) >= 11 is 0. The zero-order valence-electron chi connectivity index (χ0n) is 17.0. The molecule has 0 fully saturated rings. The summed E-state index contributed by atoms with van der Waals surface area (Å²) in [6.07, 6.45) is 1.37. The van der Waals surface area contributed by atoms with Gasteiger partial charge in [0, 0.05) is 18.3 Å². The van der Waals surface area contributed by atoms with Gasteiger partial charge in [-0.15, -0.1) is 0 Å². The zero-order valence-corrected chi connectivity index (χ0v) is 17.0. The van der Waals surface area contributed by atoms with Crippen molar-refractivity contribution in [3.8, 4) is 11.5 Å². The monoisotopic (exact) mass is 424 g/mol. The Morgan fingerprint density at radius 2 is 1.77 bits per heavy atom. The first-order chi connectivity index (χ1) is 14.6. The number of nitrogens with zero attached hydrogens (tertiary/aromatic N) is 3. The molecule has 1 heterocycles. The number of amides is 1. The van der Waals surface area contributed by atoms with Crippen LogP contribution in [0.2, 0.25) is 0 Å². The van der Waals surface area contributed by atoms with E-state index in [4.69, 9.17) is 9.84 Å². The minimum atomic E-state index is -1.10. The number of carbonyl (C=O) groups is 2. The van der Waals surface area contributed by atoms with Gasteiger partial charge in [-0.05, 0) is 50.1 Å². The highest BCUT2D eigenvalue weighted by atomic mass is 16.6. The van der Waals surface area contributed by atoms with Gasteiger partial charge >= 0.3 is 5.97 Å². The van der Waals surface area contributed by atoms with Gasteiger partial charge < -0.3 is 15.2 Å². The van der Waals surface area contributed by atoms with Crippen molar-refractivity contribution in [1.82, 2.24) is 9.78 Å². The van der Waals surface area contributed by atoms with Crippen LogP contribution < -0.4 is 10.1 Å². The Morgan fingerprint density at radius 1 is 1.13 bits per heavy atom. The predicted octanol–water partition coefficient (Wildman–Crippen LogP) is 4.10. The average molecular weight is 424 g/mol. The summed E-state index contributed by atoms with van der Waals surface area (Å²) < 4.78 is 6.92. The third-order valence-electron chi connectivity index (χ3n) is 4.39. The number of nitrogens with one attached hydrogen (secondary N) is 1. The highest BCUT2D eigenvalue weighted by Gasteiger charge is 2.18. The molecule has 31 heavy (non-hydrogen) atoms. The highest BCUT2D eigenvalue weighted by Crippen LogP contribution is 2.31. The number of nitro benzene ring substituents is 1. The lowest BCUT2D eigenvalue weighted by Crippen LogP contribution is -2.18. The number of hydrogen-bond acceptors (Lipinski definition) is 6. The summed E-state index contributed by atoms with van der Waals surface area (Å²) in [7, 11) is 0. The number of carboxylic acids is 1. The Kier molecular flexibility index (Phi) is 6.00. The molecule has 10 nitrogen and oxygen atoms in total. The van der Waals surface area contributed by atoms with Crippen LogP contribution >= 0.6 is 0 Å². The quantitative estimate of drug-likeness (QED) is 0.430.